The fourth-order valence-electron chi connectivity index (χ4n) is 1.23. The lowest BCUT2D eigenvalue weighted by Crippen LogP contribution is -2.24. The zero-order chi connectivity index (χ0) is 12.0. The highest BCUT2D eigenvalue weighted by atomic mass is 16.5. The highest BCUT2D eigenvalue weighted by molar-refractivity contribution is 5.89. The molecule has 5 nitrogen and oxygen atoms in total. The molecule has 0 radical (unpaired) electrons. The molecule has 0 aliphatic carbocycles. The Labute approximate surface area is 93.0 Å². The van der Waals surface area contributed by atoms with Gasteiger partial charge in [0.1, 0.15) is 0 Å². The van der Waals surface area contributed by atoms with Crippen LogP contribution in [0.5, 0.6) is 0 Å². The van der Waals surface area contributed by atoms with Crippen LogP contribution in [0.4, 0.5) is 4.79 Å². The highest BCUT2D eigenvalue weighted by Gasteiger charge is 2.09. The minimum Gasteiger partial charge on any atom is -0.478 e. The van der Waals surface area contributed by atoms with Gasteiger partial charge >= 0.3 is 12.1 Å². The van der Waals surface area contributed by atoms with Gasteiger partial charge in [-0.3, -0.25) is 0 Å². The third-order valence-corrected chi connectivity index (χ3v) is 1.95. The van der Waals surface area contributed by atoms with E-state index in [1.54, 1.807) is 25.1 Å². The van der Waals surface area contributed by atoms with Crippen molar-refractivity contribution in [3.63, 3.8) is 0 Å². The molecule has 0 aliphatic rings. The van der Waals surface area contributed by atoms with Crippen LogP contribution in [0.15, 0.2) is 24.3 Å². The SMILES string of the molecule is CCOC(=O)NCc1ccccc1C(=O)O. The Kier molecular flexibility index (Phi) is 4.32. The Morgan fingerprint density at radius 1 is 1.38 bits per heavy atom. The first-order valence-electron chi connectivity index (χ1n) is 4.87. The number of amides is 1. The lowest BCUT2D eigenvalue weighted by atomic mass is 10.1. The van der Waals surface area contributed by atoms with E-state index in [9.17, 15) is 9.59 Å². The molecule has 0 spiro atoms. The van der Waals surface area contributed by atoms with Crippen LogP contribution in [0.3, 0.4) is 0 Å². The number of alkyl carbamates (subject to hydrolysis) is 1. The van der Waals surface area contributed by atoms with Crippen molar-refractivity contribution in [1.82, 2.24) is 5.32 Å². The number of hydrogen-bond acceptors (Lipinski definition) is 3. The summed E-state index contributed by atoms with van der Waals surface area (Å²) in [6.45, 7) is 2.12. The molecule has 0 atom stereocenters. The molecule has 86 valence electrons. The normalized spacial score (nSPS) is 9.56. The molecule has 16 heavy (non-hydrogen) atoms. The second-order valence-electron chi connectivity index (χ2n) is 3.04. The van der Waals surface area contributed by atoms with E-state index in [0.717, 1.165) is 0 Å². The number of carbonyl (C=O) groups excluding carboxylic acids is 1. The summed E-state index contributed by atoms with van der Waals surface area (Å²) < 4.78 is 4.67. The smallest absolute Gasteiger partial charge is 0.407 e. The van der Waals surface area contributed by atoms with Crippen molar-refractivity contribution in [3.8, 4) is 0 Å². The minimum atomic E-state index is -1.01. The number of hydrogen-bond donors (Lipinski definition) is 2. The van der Waals surface area contributed by atoms with E-state index in [0.29, 0.717) is 5.56 Å². The molecule has 5 heteroatoms. The molecule has 0 unspecified atom stereocenters. The Morgan fingerprint density at radius 2 is 2.06 bits per heavy atom. The molecule has 1 rings (SSSR count). The van der Waals surface area contributed by atoms with Crippen LogP contribution >= 0.6 is 0 Å². The number of aromatic carboxylic acids is 1. The summed E-state index contributed by atoms with van der Waals surface area (Å²) in [5, 5.41) is 11.4. The van der Waals surface area contributed by atoms with Gasteiger partial charge in [0, 0.05) is 6.54 Å². The van der Waals surface area contributed by atoms with Gasteiger partial charge in [0.15, 0.2) is 0 Å². The Hall–Kier alpha value is -2.04. The average molecular weight is 223 g/mol. The maximum Gasteiger partial charge on any atom is 0.407 e. The number of carbonyl (C=O) groups is 2. The van der Waals surface area contributed by atoms with E-state index < -0.39 is 12.1 Å². The highest BCUT2D eigenvalue weighted by Crippen LogP contribution is 2.08. The summed E-state index contributed by atoms with van der Waals surface area (Å²) >= 11 is 0. The van der Waals surface area contributed by atoms with Gasteiger partial charge in [0.25, 0.3) is 0 Å². The fourth-order valence-corrected chi connectivity index (χ4v) is 1.23. The zero-order valence-electron chi connectivity index (χ0n) is 8.90. The van der Waals surface area contributed by atoms with Crippen LogP contribution in [0.25, 0.3) is 0 Å². The predicted octanol–water partition coefficient (Wildman–Crippen LogP) is 1.63. The first-order valence-corrected chi connectivity index (χ1v) is 4.87. The van der Waals surface area contributed by atoms with Crippen molar-refractivity contribution in [3.05, 3.63) is 35.4 Å². The summed E-state index contributed by atoms with van der Waals surface area (Å²) in [5.74, 6) is -1.01. The third-order valence-electron chi connectivity index (χ3n) is 1.95. The molecule has 1 aromatic rings. The lowest BCUT2D eigenvalue weighted by molar-refractivity contribution is 0.0695. The Balaban J connectivity index is 2.66. The molecular formula is C11H13NO4. The summed E-state index contributed by atoms with van der Waals surface area (Å²) in [6.07, 6.45) is -0.553. The van der Waals surface area contributed by atoms with Crippen molar-refractivity contribution < 1.29 is 19.4 Å². The largest absolute Gasteiger partial charge is 0.478 e. The molecule has 0 aromatic heterocycles. The van der Waals surface area contributed by atoms with Gasteiger partial charge in [-0.1, -0.05) is 18.2 Å². The number of benzene rings is 1. The lowest BCUT2D eigenvalue weighted by Gasteiger charge is -2.07. The third kappa shape index (κ3) is 3.27. The van der Waals surface area contributed by atoms with Gasteiger partial charge < -0.3 is 15.2 Å². The van der Waals surface area contributed by atoms with Crippen LogP contribution in [-0.4, -0.2) is 23.8 Å². The quantitative estimate of drug-likeness (QED) is 0.813. The van der Waals surface area contributed by atoms with Gasteiger partial charge in [-0.2, -0.15) is 0 Å². The summed E-state index contributed by atoms with van der Waals surface area (Å²) in [7, 11) is 0. The first kappa shape index (κ1) is 12.0. The van der Waals surface area contributed by atoms with Crippen LogP contribution < -0.4 is 5.32 Å². The standard InChI is InChI=1S/C11H13NO4/c1-2-16-11(15)12-7-8-5-3-4-6-9(8)10(13)14/h3-6H,2,7H2,1H3,(H,12,15)(H,13,14). The summed E-state index contributed by atoms with van der Waals surface area (Å²) in [6, 6.07) is 6.49. The van der Waals surface area contributed by atoms with Crippen LogP contribution in [0, 0.1) is 0 Å². The Bertz CT molecular complexity index is 389. The van der Waals surface area contributed by atoms with E-state index >= 15 is 0 Å². The number of rotatable bonds is 4. The van der Waals surface area contributed by atoms with Crippen LogP contribution in [-0.2, 0) is 11.3 Å². The summed E-state index contributed by atoms with van der Waals surface area (Å²) in [5.41, 5.74) is 0.724. The van der Waals surface area contributed by atoms with Gasteiger partial charge in [0.2, 0.25) is 0 Å². The van der Waals surface area contributed by atoms with Crippen LogP contribution in [0.1, 0.15) is 22.8 Å². The maximum absolute atomic E-state index is 11.0. The minimum absolute atomic E-state index is 0.140. The molecule has 2 N–H and O–H groups in total. The van der Waals surface area contributed by atoms with E-state index in [2.05, 4.69) is 10.1 Å². The van der Waals surface area contributed by atoms with Crippen molar-refractivity contribution in [2.24, 2.45) is 0 Å². The van der Waals surface area contributed by atoms with Crippen molar-refractivity contribution >= 4 is 12.1 Å². The van der Waals surface area contributed by atoms with Gasteiger partial charge in [-0.05, 0) is 18.6 Å². The van der Waals surface area contributed by atoms with Gasteiger partial charge in [-0.15, -0.1) is 0 Å². The van der Waals surface area contributed by atoms with Gasteiger partial charge in [0.05, 0.1) is 12.2 Å². The van der Waals surface area contributed by atoms with E-state index in [-0.39, 0.29) is 18.7 Å². The van der Waals surface area contributed by atoms with Crippen molar-refractivity contribution in [1.29, 1.82) is 0 Å². The van der Waals surface area contributed by atoms with Crippen LogP contribution in [0.2, 0.25) is 0 Å². The zero-order valence-corrected chi connectivity index (χ0v) is 8.90. The van der Waals surface area contributed by atoms with Crippen molar-refractivity contribution in [2.45, 2.75) is 13.5 Å². The first-order chi connectivity index (χ1) is 7.65. The number of carboxylic acid groups (broad SMARTS) is 1. The van der Waals surface area contributed by atoms with Gasteiger partial charge in [-0.25, -0.2) is 9.59 Å². The van der Waals surface area contributed by atoms with Crippen molar-refractivity contribution in [2.75, 3.05) is 6.61 Å². The molecule has 0 saturated carbocycles. The number of ether oxygens (including phenoxy) is 1. The second kappa shape index (κ2) is 5.75. The summed E-state index contributed by atoms with van der Waals surface area (Å²) in [4.78, 5) is 21.9. The van der Waals surface area contributed by atoms with E-state index in [1.165, 1.54) is 6.07 Å². The Morgan fingerprint density at radius 3 is 2.69 bits per heavy atom. The second-order valence-corrected chi connectivity index (χ2v) is 3.04. The van der Waals surface area contributed by atoms with E-state index in [1.807, 2.05) is 0 Å². The molecule has 0 bridgehead atoms. The molecule has 0 saturated heterocycles. The predicted molar refractivity (Wildman–Crippen MR) is 57.3 cm³/mol. The molecule has 1 amide bonds. The molecule has 0 fully saturated rings. The molecular weight excluding hydrogens is 210 g/mol. The topological polar surface area (TPSA) is 75.6 Å². The molecule has 0 aliphatic heterocycles. The monoisotopic (exact) mass is 223 g/mol. The molecule has 0 heterocycles. The number of nitrogens with one attached hydrogen (secondary N) is 1. The molecule has 1 aromatic carbocycles. The average Bonchev–Trinajstić information content (AvgIpc) is 2.27. The fraction of sp³-hybridized carbons (Fsp3) is 0.273. The maximum atomic E-state index is 11.0. The number of carboxylic acids is 1. The van der Waals surface area contributed by atoms with E-state index in [4.69, 9.17) is 5.11 Å².